The minimum absolute atomic E-state index is 0.0273. The van der Waals surface area contributed by atoms with Gasteiger partial charge in [-0.15, -0.1) is 0 Å². The third-order valence-electron chi connectivity index (χ3n) is 3.84. The number of likely N-dealkylation sites (tertiary alicyclic amines) is 1. The van der Waals surface area contributed by atoms with Crippen LogP contribution < -0.4 is 4.74 Å². The van der Waals surface area contributed by atoms with Crippen LogP contribution in [0, 0.1) is 0 Å². The van der Waals surface area contributed by atoms with Gasteiger partial charge in [0.15, 0.2) is 0 Å². The van der Waals surface area contributed by atoms with E-state index in [0.29, 0.717) is 6.54 Å². The molecular formula is C16H19NO3. The molecule has 1 aromatic carbocycles. The molecule has 1 aromatic rings. The maximum Gasteiger partial charge on any atom is 0.246 e. The maximum atomic E-state index is 12.1. The molecule has 0 aromatic heterocycles. The molecule has 0 aliphatic carbocycles. The van der Waals surface area contributed by atoms with Crippen LogP contribution in [0.4, 0.5) is 0 Å². The molecule has 4 nitrogen and oxygen atoms in total. The van der Waals surface area contributed by atoms with Crippen molar-refractivity contribution in [3.05, 3.63) is 35.4 Å². The van der Waals surface area contributed by atoms with Crippen molar-refractivity contribution in [3.63, 3.8) is 0 Å². The lowest BCUT2D eigenvalue weighted by atomic mass is 10.1. The van der Waals surface area contributed by atoms with E-state index in [1.807, 2.05) is 18.2 Å². The molecule has 2 heterocycles. The molecule has 0 radical (unpaired) electrons. The van der Waals surface area contributed by atoms with Crippen molar-refractivity contribution < 1.29 is 14.6 Å². The van der Waals surface area contributed by atoms with Crippen molar-refractivity contribution in [1.29, 1.82) is 0 Å². The van der Waals surface area contributed by atoms with Crippen molar-refractivity contribution in [2.24, 2.45) is 0 Å². The summed E-state index contributed by atoms with van der Waals surface area (Å²) in [7, 11) is 0. The van der Waals surface area contributed by atoms with Gasteiger partial charge in [0.05, 0.1) is 12.7 Å². The zero-order chi connectivity index (χ0) is 13.9. The zero-order valence-electron chi connectivity index (χ0n) is 11.4. The van der Waals surface area contributed by atoms with Crippen molar-refractivity contribution >= 4 is 12.0 Å². The van der Waals surface area contributed by atoms with Crippen LogP contribution in [0.2, 0.25) is 0 Å². The summed E-state index contributed by atoms with van der Waals surface area (Å²) >= 11 is 0. The lowest BCUT2D eigenvalue weighted by Crippen LogP contribution is -2.41. The van der Waals surface area contributed by atoms with Gasteiger partial charge in [0, 0.05) is 25.6 Å². The summed E-state index contributed by atoms with van der Waals surface area (Å²) in [6.45, 7) is 1.92. The number of piperidine rings is 1. The van der Waals surface area contributed by atoms with Gasteiger partial charge < -0.3 is 14.7 Å². The average Bonchev–Trinajstić information content (AvgIpc) is 2.92. The van der Waals surface area contributed by atoms with Crippen LogP contribution in [0.15, 0.2) is 24.3 Å². The van der Waals surface area contributed by atoms with Gasteiger partial charge in [-0.1, -0.05) is 6.07 Å². The number of ether oxygens (including phenoxy) is 1. The Morgan fingerprint density at radius 1 is 1.45 bits per heavy atom. The fourth-order valence-corrected chi connectivity index (χ4v) is 2.74. The Balaban J connectivity index is 1.66. The summed E-state index contributed by atoms with van der Waals surface area (Å²) in [6, 6.07) is 5.98. The first-order chi connectivity index (χ1) is 9.72. The third kappa shape index (κ3) is 2.85. The monoisotopic (exact) mass is 273 g/mol. The second kappa shape index (κ2) is 5.67. The SMILES string of the molecule is O=C(/C=C/c1ccc2c(c1)CCO2)N1CCC[C@@H](O)C1. The lowest BCUT2D eigenvalue weighted by molar-refractivity contribution is -0.128. The molecule has 0 spiro atoms. The highest BCUT2D eigenvalue weighted by atomic mass is 16.5. The number of benzene rings is 1. The molecule has 0 unspecified atom stereocenters. The van der Waals surface area contributed by atoms with E-state index in [2.05, 4.69) is 6.07 Å². The predicted octanol–water partition coefficient (Wildman–Crippen LogP) is 1.62. The van der Waals surface area contributed by atoms with E-state index in [-0.39, 0.29) is 12.0 Å². The largest absolute Gasteiger partial charge is 0.493 e. The van der Waals surface area contributed by atoms with E-state index in [9.17, 15) is 9.90 Å². The number of carbonyl (C=O) groups is 1. The van der Waals surface area contributed by atoms with E-state index < -0.39 is 0 Å². The fourth-order valence-electron chi connectivity index (χ4n) is 2.74. The normalized spacial score (nSPS) is 21.9. The molecule has 2 aliphatic heterocycles. The standard InChI is InChI=1S/C16H19NO3/c18-14-2-1-8-17(11-14)16(19)6-4-12-3-5-15-13(10-12)7-9-20-15/h3-6,10,14,18H,1-2,7-9,11H2/b6-4+/t14-/m1/s1. The number of hydrogen-bond donors (Lipinski definition) is 1. The lowest BCUT2D eigenvalue weighted by Gasteiger charge is -2.29. The first-order valence-corrected chi connectivity index (χ1v) is 7.13. The van der Waals surface area contributed by atoms with E-state index >= 15 is 0 Å². The Kier molecular flexibility index (Phi) is 3.74. The minimum atomic E-state index is -0.377. The molecule has 3 rings (SSSR count). The zero-order valence-corrected chi connectivity index (χ0v) is 11.4. The van der Waals surface area contributed by atoms with E-state index in [1.54, 1.807) is 11.0 Å². The molecule has 4 heteroatoms. The molecule has 20 heavy (non-hydrogen) atoms. The second-order valence-electron chi connectivity index (χ2n) is 5.38. The van der Waals surface area contributed by atoms with Gasteiger partial charge in [0.25, 0.3) is 0 Å². The van der Waals surface area contributed by atoms with Crippen molar-refractivity contribution in [2.45, 2.75) is 25.4 Å². The van der Waals surface area contributed by atoms with Crippen molar-refractivity contribution in [1.82, 2.24) is 4.90 Å². The van der Waals surface area contributed by atoms with Gasteiger partial charge in [-0.2, -0.15) is 0 Å². The summed E-state index contributed by atoms with van der Waals surface area (Å²) in [4.78, 5) is 13.8. The van der Waals surface area contributed by atoms with Crippen molar-refractivity contribution in [2.75, 3.05) is 19.7 Å². The third-order valence-corrected chi connectivity index (χ3v) is 3.84. The number of fused-ring (bicyclic) bond motifs is 1. The number of rotatable bonds is 2. The Morgan fingerprint density at radius 3 is 3.20 bits per heavy atom. The molecule has 1 atom stereocenters. The Labute approximate surface area is 118 Å². The number of hydrogen-bond acceptors (Lipinski definition) is 3. The van der Waals surface area contributed by atoms with Crippen molar-refractivity contribution in [3.8, 4) is 5.75 Å². The highest BCUT2D eigenvalue weighted by Gasteiger charge is 2.20. The summed E-state index contributed by atoms with van der Waals surface area (Å²) in [5.41, 5.74) is 2.22. The first kappa shape index (κ1) is 13.2. The predicted molar refractivity (Wildman–Crippen MR) is 76.5 cm³/mol. The molecule has 106 valence electrons. The van der Waals surface area contributed by atoms with Gasteiger partial charge in [-0.3, -0.25) is 4.79 Å². The highest BCUT2D eigenvalue weighted by molar-refractivity contribution is 5.91. The number of amides is 1. The molecule has 0 saturated carbocycles. The van der Waals surface area contributed by atoms with E-state index in [4.69, 9.17) is 4.74 Å². The highest BCUT2D eigenvalue weighted by Crippen LogP contribution is 2.26. The number of carbonyl (C=O) groups excluding carboxylic acids is 1. The van der Waals surface area contributed by atoms with Gasteiger partial charge in [0.2, 0.25) is 5.91 Å². The summed E-state index contributed by atoms with van der Waals surface area (Å²) in [5, 5.41) is 9.59. The Bertz CT molecular complexity index is 539. The fraction of sp³-hybridized carbons (Fsp3) is 0.438. The van der Waals surface area contributed by atoms with E-state index in [0.717, 1.165) is 43.7 Å². The number of aliphatic hydroxyl groups excluding tert-OH is 1. The van der Waals surface area contributed by atoms with Gasteiger partial charge in [-0.25, -0.2) is 0 Å². The quantitative estimate of drug-likeness (QED) is 0.833. The topological polar surface area (TPSA) is 49.8 Å². The van der Waals surface area contributed by atoms with Crippen LogP contribution in [-0.4, -0.2) is 41.7 Å². The second-order valence-corrected chi connectivity index (χ2v) is 5.38. The molecule has 1 amide bonds. The molecular weight excluding hydrogens is 254 g/mol. The van der Waals surface area contributed by atoms with E-state index in [1.165, 1.54) is 5.56 Å². The number of nitrogens with zero attached hydrogens (tertiary/aromatic N) is 1. The van der Waals surface area contributed by atoms with Crippen LogP contribution in [0.25, 0.3) is 6.08 Å². The Morgan fingerprint density at radius 2 is 2.35 bits per heavy atom. The van der Waals surface area contributed by atoms with Gasteiger partial charge >= 0.3 is 0 Å². The van der Waals surface area contributed by atoms with Crippen LogP contribution in [0.1, 0.15) is 24.0 Å². The van der Waals surface area contributed by atoms with Crippen LogP contribution in [0.5, 0.6) is 5.75 Å². The van der Waals surface area contributed by atoms with Gasteiger partial charge in [-0.05, 0) is 42.2 Å². The summed E-state index contributed by atoms with van der Waals surface area (Å²) in [6.07, 6.45) is 5.65. The smallest absolute Gasteiger partial charge is 0.246 e. The number of aliphatic hydroxyl groups is 1. The summed E-state index contributed by atoms with van der Waals surface area (Å²) in [5.74, 6) is 0.924. The van der Waals surface area contributed by atoms with Gasteiger partial charge in [0.1, 0.15) is 5.75 Å². The van der Waals surface area contributed by atoms with Crippen LogP contribution in [0.3, 0.4) is 0 Å². The summed E-state index contributed by atoms with van der Waals surface area (Å²) < 4.78 is 5.46. The van der Waals surface area contributed by atoms with Crippen LogP contribution >= 0.6 is 0 Å². The molecule has 0 bridgehead atoms. The first-order valence-electron chi connectivity index (χ1n) is 7.13. The maximum absolute atomic E-state index is 12.1. The molecule has 1 N–H and O–H groups in total. The molecule has 1 fully saturated rings. The average molecular weight is 273 g/mol. The minimum Gasteiger partial charge on any atom is -0.493 e. The Hall–Kier alpha value is -1.81. The number of β-amino-alcohol motifs (C(OH)–C–C–N with tert-alkyl or cyclic N) is 1. The molecule has 1 saturated heterocycles. The van der Waals surface area contributed by atoms with Crippen LogP contribution in [-0.2, 0) is 11.2 Å². The molecule has 2 aliphatic rings.